The van der Waals surface area contributed by atoms with Crippen molar-refractivity contribution in [1.82, 2.24) is 10.2 Å². The van der Waals surface area contributed by atoms with Gasteiger partial charge in [-0.15, -0.1) is 11.3 Å². The molecule has 0 aliphatic rings. The van der Waals surface area contributed by atoms with Crippen molar-refractivity contribution in [2.24, 2.45) is 0 Å². The van der Waals surface area contributed by atoms with Crippen molar-refractivity contribution in [2.45, 2.75) is 26.3 Å². The van der Waals surface area contributed by atoms with Gasteiger partial charge < -0.3 is 10.2 Å². The summed E-state index contributed by atoms with van der Waals surface area (Å²) in [5, 5.41) is 5.05. The number of benzene rings is 1. The Bertz CT molecular complexity index is 531. The fourth-order valence-corrected chi connectivity index (χ4v) is 3.65. The van der Waals surface area contributed by atoms with Gasteiger partial charge >= 0.3 is 0 Å². The average Bonchev–Trinajstić information content (AvgIpc) is 2.72. The molecule has 2 aromatic rings. The van der Waals surface area contributed by atoms with Gasteiger partial charge in [0.25, 0.3) is 0 Å². The highest BCUT2D eigenvalue weighted by molar-refractivity contribution is 7.19. The summed E-state index contributed by atoms with van der Waals surface area (Å²) in [7, 11) is 4.25. The normalized spacial score (nSPS) is 13.3. The van der Waals surface area contributed by atoms with Crippen LogP contribution in [0.4, 0.5) is 0 Å². The monoisotopic (exact) mass is 276 g/mol. The van der Waals surface area contributed by atoms with E-state index in [0.29, 0.717) is 6.04 Å². The maximum Gasteiger partial charge on any atom is 0.0389 e. The molecule has 0 bridgehead atoms. The summed E-state index contributed by atoms with van der Waals surface area (Å²) in [5.74, 6) is 0. The van der Waals surface area contributed by atoms with Crippen molar-refractivity contribution in [3.05, 3.63) is 34.7 Å². The molecule has 0 saturated heterocycles. The SMILES string of the molecule is Cc1c(C(C)NCCCN(C)C)sc2ccccc12. The third-order valence-electron chi connectivity index (χ3n) is 3.51. The summed E-state index contributed by atoms with van der Waals surface area (Å²) >= 11 is 1.92. The van der Waals surface area contributed by atoms with Gasteiger partial charge in [-0.2, -0.15) is 0 Å². The largest absolute Gasteiger partial charge is 0.309 e. The van der Waals surface area contributed by atoms with Gasteiger partial charge in [0.05, 0.1) is 0 Å². The summed E-state index contributed by atoms with van der Waals surface area (Å²) in [4.78, 5) is 3.71. The number of aryl methyl sites for hydroxylation is 1. The van der Waals surface area contributed by atoms with Gasteiger partial charge in [-0.1, -0.05) is 18.2 Å². The van der Waals surface area contributed by atoms with Crippen LogP contribution in [0.15, 0.2) is 24.3 Å². The van der Waals surface area contributed by atoms with Gasteiger partial charge in [0.15, 0.2) is 0 Å². The van der Waals surface area contributed by atoms with Gasteiger partial charge in [0.1, 0.15) is 0 Å². The Balaban J connectivity index is 2.01. The topological polar surface area (TPSA) is 15.3 Å². The summed E-state index contributed by atoms with van der Waals surface area (Å²) < 4.78 is 1.40. The van der Waals surface area contributed by atoms with Crippen LogP contribution < -0.4 is 5.32 Å². The molecule has 3 heteroatoms. The van der Waals surface area contributed by atoms with Gasteiger partial charge in [0.2, 0.25) is 0 Å². The van der Waals surface area contributed by atoms with Gasteiger partial charge in [-0.3, -0.25) is 0 Å². The molecule has 2 nitrogen and oxygen atoms in total. The molecule has 1 N–H and O–H groups in total. The smallest absolute Gasteiger partial charge is 0.0389 e. The number of hydrogen-bond acceptors (Lipinski definition) is 3. The molecule has 0 spiro atoms. The Labute approximate surface area is 120 Å². The van der Waals surface area contributed by atoms with Crippen molar-refractivity contribution >= 4 is 21.4 Å². The van der Waals surface area contributed by atoms with E-state index in [9.17, 15) is 0 Å². The van der Waals surface area contributed by atoms with Crippen molar-refractivity contribution < 1.29 is 0 Å². The van der Waals surface area contributed by atoms with Crippen LogP contribution in [0.5, 0.6) is 0 Å². The highest BCUT2D eigenvalue weighted by atomic mass is 32.1. The second kappa shape index (κ2) is 6.51. The maximum absolute atomic E-state index is 3.64. The first-order valence-electron chi connectivity index (χ1n) is 6.95. The minimum Gasteiger partial charge on any atom is -0.309 e. The predicted molar refractivity (Wildman–Crippen MR) is 86.2 cm³/mol. The Morgan fingerprint density at radius 2 is 2.00 bits per heavy atom. The van der Waals surface area contributed by atoms with Crippen LogP contribution in [0.1, 0.15) is 29.8 Å². The van der Waals surface area contributed by atoms with Crippen LogP contribution in [0.3, 0.4) is 0 Å². The lowest BCUT2D eigenvalue weighted by Crippen LogP contribution is -2.23. The Kier molecular flexibility index (Phi) is 4.97. The number of rotatable bonds is 6. The molecule has 104 valence electrons. The van der Waals surface area contributed by atoms with E-state index in [4.69, 9.17) is 0 Å². The zero-order valence-corrected chi connectivity index (χ0v) is 13.2. The summed E-state index contributed by atoms with van der Waals surface area (Å²) in [5.41, 5.74) is 1.44. The molecule has 0 aliphatic heterocycles. The quantitative estimate of drug-likeness (QED) is 0.807. The van der Waals surface area contributed by atoms with E-state index in [1.54, 1.807) is 0 Å². The van der Waals surface area contributed by atoms with E-state index in [1.807, 2.05) is 11.3 Å². The molecule has 0 radical (unpaired) electrons. The first-order chi connectivity index (χ1) is 9.09. The molecule has 0 saturated carbocycles. The summed E-state index contributed by atoms with van der Waals surface area (Å²) in [6, 6.07) is 9.14. The highest BCUT2D eigenvalue weighted by Gasteiger charge is 2.13. The second-order valence-electron chi connectivity index (χ2n) is 5.42. The second-order valence-corrected chi connectivity index (χ2v) is 6.50. The maximum atomic E-state index is 3.64. The van der Waals surface area contributed by atoms with E-state index in [1.165, 1.54) is 26.9 Å². The van der Waals surface area contributed by atoms with Gasteiger partial charge in [0, 0.05) is 15.6 Å². The van der Waals surface area contributed by atoms with Crippen LogP contribution >= 0.6 is 11.3 Å². The Morgan fingerprint density at radius 3 is 2.68 bits per heavy atom. The molecule has 1 aromatic heterocycles. The lowest BCUT2D eigenvalue weighted by atomic mass is 10.1. The zero-order valence-electron chi connectivity index (χ0n) is 12.4. The fraction of sp³-hybridized carbons (Fsp3) is 0.500. The van der Waals surface area contributed by atoms with E-state index in [2.05, 4.69) is 62.4 Å². The number of thiophene rings is 1. The number of nitrogens with one attached hydrogen (secondary N) is 1. The highest BCUT2D eigenvalue weighted by Crippen LogP contribution is 2.34. The van der Waals surface area contributed by atoms with Crippen LogP contribution in [-0.2, 0) is 0 Å². The third-order valence-corrected chi connectivity index (χ3v) is 4.96. The minimum atomic E-state index is 0.444. The average molecular weight is 276 g/mol. The van der Waals surface area contributed by atoms with Crippen molar-refractivity contribution in [3.8, 4) is 0 Å². The van der Waals surface area contributed by atoms with Crippen LogP contribution in [0.2, 0.25) is 0 Å². The van der Waals surface area contributed by atoms with E-state index in [-0.39, 0.29) is 0 Å². The van der Waals surface area contributed by atoms with Gasteiger partial charge in [-0.25, -0.2) is 0 Å². The first-order valence-corrected chi connectivity index (χ1v) is 7.77. The molecule has 1 atom stereocenters. The molecule has 0 amide bonds. The van der Waals surface area contributed by atoms with Crippen LogP contribution in [0.25, 0.3) is 10.1 Å². The zero-order chi connectivity index (χ0) is 13.8. The predicted octanol–water partition coefficient (Wildman–Crippen LogP) is 3.81. The van der Waals surface area contributed by atoms with E-state index in [0.717, 1.165) is 13.1 Å². The van der Waals surface area contributed by atoms with Gasteiger partial charge in [-0.05, 0) is 64.5 Å². The summed E-state index contributed by atoms with van der Waals surface area (Å²) in [6.45, 7) is 6.73. The Hall–Kier alpha value is -0.900. The van der Waals surface area contributed by atoms with E-state index >= 15 is 0 Å². The number of fused-ring (bicyclic) bond motifs is 1. The molecular formula is C16H24N2S. The van der Waals surface area contributed by atoms with E-state index < -0.39 is 0 Å². The Morgan fingerprint density at radius 1 is 1.26 bits per heavy atom. The molecule has 1 heterocycles. The molecule has 1 unspecified atom stereocenters. The molecule has 2 rings (SSSR count). The molecule has 1 aromatic carbocycles. The van der Waals surface area contributed by atoms with Crippen LogP contribution in [-0.4, -0.2) is 32.1 Å². The van der Waals surface area contributed by atoms with Crippen LogP contribution in [0, 0.1) is 6.92 Å². The van der Waals surface area contributed by atoms with Crippen molar-refractivity contribution in [1.29, 1.82) is 0 Å². The van der Waals surface area contributed by atoms with Crippen molar-refractivity contribution in [3.63, 3.8) is 0 Å². The third kappa shape index (κ3) is 3.56. The fourth-order valence-electron chi connectivity index (χ4n) is 2.41. The lowest BCUT2D eigenvalue weighted by Gasteiger charge is -2.15. The number of nitrogens with zero attached hydrogens (tertiary/aromatic N) is 1. The minimum absolute atomic E-state index is 0.444. The first kappa shape index (κ1) is 14.5. The molecule has 0 aliphatic carbocycles. The summed E-state index contributed by atoms with van der Waals surface area (Å²) in [6.07, 6.45) is 1.20. The number of hydrogen-bond donors (Lipinski definition) is 1. The molecule has 19 heavy (non-hydrogen) atoms. The van der Waals surface area contributed by atoms with Crippen molar-refractivity contribution in [2.75, 3.05) is 27.2 Å². The lowest BCUT2D eigenvalue weighted by molar-refractivity contribution is 0.389. The molecular weight excluding hydrogens is 252 g/mol. The standard InChI is InChI=1S/C16H24N2S/c1-12-14-8-5-6-9-15(14)19-16(12)13(2)17-10-7-11-18(3)4/h5-6,8-9,13,17H,7,10-11H2,1-4H3. The molecule has 0 fully saturated rings.